The fourth-order valence-electron chi connectivity index (χ4n) is 0.953. The van der Waals surface area contributed by atoms with Crippen molar-refractivity contribution in [2.75, 3.05) is 6.61 Å². The highest BCUT2D eigenvalue weighted by Gasteiger charge is 2.34. The topological polar surface area (TPSA) is 69.9 Å². The lowest BCUT2D eigenvalue weighted by Crippen LogP contribution is -2.51. The van der Waals surface area contributed by atoms with Crippen LogP contribution in [0.2, 0.25) is 0 Å². The van der Waals surface area contributed by atoms with Crippen LogP contribution in [0.1, 0.15) is 6.92 Å². The highest BCUT2D eigenvalue weighted by atomic mass is 16.5. The van der Waals surface area contributed by atoms with Gasteiger partial charge in [-0.1, -0.05) is 0 Å². The van der Waals surface area contributed by atoms with Crippen molar-refractivity contribution in [1.82, 2.24) is 0 Å². The number of ether oxygens (including phenoxy) is 1. The van der Waals surface area contributed by atoms with Gasteiger partial charge in [-0.3, -0.25) is 0 Å². The zero-order valence-corrected chi connectivity index (χ0v) is 5.77. The van der Waals surface area contributed by atoms with Crippen LogP contribution in [0, 0.1) is 0 Å². The molecule has 0 spiro atoms. The predicted octanol–water partition coefficient (Wildman–Crippen LogP) is -1.51. The minimum Gasteiger partial charge on any atom is -0.388 e. The molecule has 10 heavy (non-hydrogen) atoms. The van der Waals surface area contributed by atoms with Gasteiger partial charge >= 0.3 is 0 Å². The Hall–Kier alpha value is -0.160. The molecule has 1 aliphatic rings. The van der Waals surface area contributed by atoms with Gasteiger partial charge < -0.3 is 20.1 Å². The van der Waals surface area contributed by atoms with Crippen LogP contribution in [0.15, 0.2) is 0 Å². The summed E-state index contributed by atoms with van der Waals surface area (Å²) in [5, 5.41) is 27.0. The van der Waals surface area contributed by atoms with Crippen LogP contribution in [-0.2, 0) is 4.74 Å². The molecule has 4 heteroatoms. The molecule has 4 nitrogen and oxygen atoms in total. The Balaban J connectivity index is 2.52. The molecule has 1 fully saturated rings. The van der Waals surface area contributed by atoms with E-state index in [1.54, 1.807) is 6.92 Å². The average Bonchev–Trinajstić information content (AvgIpc) is 1.93. The van der Waals surface area contributed by atoms with Gasteiger partial charge in [0.15, 0.2) is 0 Å². The first kappa shape index (κ1) is 7.94. The van der Waals surface area contributed by atoms with Crippen LogP contribution < -0.4 is 0 Å². The van der Waals surface area contributed by atoms with E-state index in [9.17, 15) is 0 Å². The predicted molar refractivity (Wildman–Crippen MR) is 33.4 cm³/mol. The van der Waals surface area contributed by atoms with E-state index in [-0.39, 0.29) is 6.61 Å². The number of hydrogen-bond acceptors (Lipinski definition) is 4. The summed E-state index contributed by atoms with van der Waals surface area (Å²) in [4.78, 5) is 0. The largest absolute Gasteiger partial charge is 0.388 e. The van der Waals surface area contributed by atoms with Gasteiger partial charge in [0.25, 0.3) is 0 Å². The summed E-state index contributed by atoms with van der Waals surface area (Å²) in [5.41, 5.74) is 0. The molecule has 3 N–H and O–H groups in total. The van der Waals surface area contributed by atoms with Crippen molar-refractivity contribution in [1.29, 1.82) is 0 Å². The quantitative estimate of drug-likeness (QED) is 0.390. The van der Waals surface area contributed by atoms with Crippen molar-refractivity contribution < 1.29 is 20.1 Å². The van der Waals surface area contributed by atoms with Gasteiger partial charge in [0.2, 0.25) is 0 Å². The van der Waals surface area contributed by atoms with Crippen molar-refractivity contribution in [3.8, 4) is 0 Å². The Morgan fingerprint density at radius 2 is 1.80 bits per heavy atom. The van der Waals surface area contributed by atoms with E-state index in [0.717, 1.165) is 0 Å². The fourth-order valence-corrected chi connectivity index (χ4v) is 0.953. The van der Waals surface area contributed by atoms with Gasteiger partial charge in [0, 0.05) is 0 Å². The summed E-state index contributed by atoms with van der Waals surface area (Å²) in [6, 6.07) is 0. The van der Waals surface area contributed by atoms with Crippen LogP contribution in [0.25, 0.3) is 0 Å². The van der Waals surface area contributed by atoms with Crippen molar-refractivity contribution in [2.24, 2.45) is 0 Å². The molecule has 0 amide bonds. The van der Waals surface area contributed by atoms with E-state index in [2.05, 4.69) is 0 Å². The van der Waals surface area contributed by atoms with Crippen molar-refractivity contribution >= 4 is 0 Å². The summed E-state index contributed by atoms with van der Waals surface area (Å²) >= 11 is 0. The fraction of sp³-hybridized carbons (Fsp3) is 1.00. The zero-order chi connectivity index (χ0) is 7.72. The first-order chi connectivity index (χ1) is 4.63. The molecule has 1 rings (SSSR count). The normalized spacial score (nSPS) is 49.2. The van der Waals surface area contributed by atoms with Crippen LogP contribution in [0.3, 0.4) is 0 Å². The maximum atomic E-state index is 9.08. The molecule has 3 unspecified atom stereocenters. The molecule has 1 saturated heterocycles. The van der Waals surface area contributed by atoms with E-state index >= 15 is 0 Å². The Morgan fingerprint density at radius 3 is 2.30 bits per heavy atom. The molecule has 1 heterocycles. The highest BCUT2D eigenvalue weighted by molar-refractivity contribution is 4.83. The first-order valence-electron chi connectivity index (χ1n) is 3.28. The second-order valence-electron chi connectivity index (χ2n) is 2.59. The Bertz CT molecular complexity index is 102. The van der Waals surface area contributed by atoms with Gasteiger partial charge in [-0.2, -0.15) is 0 Å². The standard InChI is InChI=1S/C6H12O4/c1-3-5(8)6(9)4(7)2-10-3/h3-9H,2H2,1H3/t3?,4?,5?,6-/m1/s1. The third-order valence-corrected chi connectivity index (χ3v) is 1.75. The highest BCUT2D eigenvalue weighted by Crippen LogP contribution is 2.14. The van der Waals surface area contributed by atoms with Gasteiger partial charge in [-0.25, -0.2) is 0 Å². The maximum Gasteiger partial charge on any atom is 0.110 e. The smallest absolute Gasteiger partial charge is 0.110 e. The van der Waals surface area contributed by atoms with Crippen LogP contribution in [0.4, 0.5) is 0 Å². The summed E-state index contributed by atoms with van der Waals surface area (Å²) in [6.45, 7) is 1.75. The van der Waals surface area contributed by atoms with Crippen LogP contribution in [0.5, 0.6) is 0 Å². The van der Waals surface area contributed by atoms with Gasteiger partial charge in [-0.15, -0.1) is 0 Å². The van der Waals surface area contributed by atoms with E-state index in [4.69, 9.17) is 20.1 Å². The lowest BCUT2D eigenvalue weighted by Gasteiger charge is -2.33. The average molecular weight is 148 g/mol. The number of aliphatic hydroxyl groups excluding tert-OH is 3. The molecule has 60 valence electrons. The summed E-state index contributed by atoms with van der Waals surface area (Å²) in [7, 11) is 0. The minimum atomic E-state index is -1.07. The Kier molecular flexibility index (Phi) is 2.25. The summed E-state index contributed by atoms with van der Waals surface area (Å²) < 4.78 is 4.91. The lowest BCUT2D eigenvalue weighted by molar-refractivity contribution is -0.181. The van der Waals surface area contributed by atoms with Gasteiger partial charge in [0.05, 0.1) is 12.7 Å². The molecule has 0 aromatic heterocycles. The summed E-state index contributed by atoms with van der Waals surface area (Å²) in [5.74, 6) is 0. The number of aliphatic hydroxyl groups is 3. The molecule has 1 aliphatic heterocycles. The minimum absolute atomic E-state index is 0.0966. The SMILES string of the molecule is CC1OCC(O)[C@@H](O)C1O. The second kappa shape index (κ2) is 2.84. The Labute approximate surface area is 59.1 Å². The third kappa shape index (κ3) is 1.29. The van der Waals surface area contributed by atoms with E-state index in [0.29, 0.717) is 0 Å². The molecule has 0 radical (unpaired) electrons. The van der Waals surface area contributed by atoms with Crippen molar-refractivity contribution in [3.05, 3.63) is 0 Å². The maximum absolute atomic E-state index is 9.08. The molecular formula is C6H12O4. The molecule has 0 aliphatic carbocycles. The van der Waals surface area contributed by atoms with Crippen molar-refractivity contribution in [2.45, 2.75) is 31.3 Å². The third-order valence-electron chi connectivity index (χ3n) is 1.75. The van der Waals surface area contributed by atoms with E-state index in [1.807, 2.05) is 0 Å². The van der Waals surface area contributed by atoms with Crippen LogP contribution >= 0.6 is 0 Å². The zero-order valence-electron chi connectivity index (χ0n) is 5.77. The lowest BCUT2D eigenvalue weighted by atomic mass is 10.0. The molecule has 4 atom stereocenters. The Morgan fingerprint density at radius 1 is 1.20 bits per heavy atom. The molecular weight excluding hydrogens is 136 g/mol. The monoisotopic (exact) mass is 148 g/mol. The first-order valence-corrected chi connectivity index (χ1v) is 3.28. The summed E-state index contributed by atoms with van der Waals surface area (Å²) in [6.07, 6.45) is -3.38. The van der Waals surface area contributed by atoms with Gasteiger partial charge in [-0.05, 0) is 6.92 Å². The van der Waals surface area contributed by atoms with E-state index < -0.39 is 24.4 Å². The molecule has 0 aromatic rings. The number of rotatable bonds is 0. The number of hydrogen-bond donors (Lipinski definition) is 3. The molecule has 0 aromatic carbocycles. The van der Waals surface area contributed by atoms with E-state index in [1.165, 1.54) is 0 Å². The molecule has 0 saturated carbocycles. The molecule has 0 bridgehead atoms. The van der Waals surface area contributed by atoms with Crippen LogP contribution in [-0.4, -0.2) is 46.3 Å². The van der Waals surface area contributed by atoms with Crippen molar-refractivity contribution in [3.63, 3.8) is 0 Å². The second-order valence-corrected chi connectivity index (χ2v) is 2.59. The van der Waals surface area contributed by atoms with Gasteiger partial charge in [0.1, 0.15) is 18.3 Å².